The van der Waals surface area contributed by atoms with Gasteiger partial charge >= 0.3 is 0 Å². The molecule has 0 saturated heterocycles. The van der Waals surface area contributed by atoms with Gasteiger partial charge in [0.2, 0.25) is 0 Å². The van der Waals surface area contributed by atoms with Crippen molar-refractivity contribution in [1.82, 2.24) is 10.5 Å². The Balaban J connectivity index is 1.44. The van der Waals surface area contributed by atoms with Crippen LogP contribution in [0.25, 0.3) is 22.6 Å². The van der Waals surface area contributed by atoms with Gasteiger partial charge in [-0.25, -0.2) is 0 Å². The Morgan fingerprint density at radius 2 is 1.37 bits per heavy atom. The van der Waals surface area contributed by atoms with Crippen molar-refractivity contribution in [2.45, 2.75) is 6.04 Å². The van der Waals surface area contributed by atoms with E-state index < -0.39 is 6.04 Å². The van der Waals surface area contributed by atoms with Gasteiger partial charge in [-0.1, -0.05) is 29.4 Å². The molecule has 1 aromatic heterocycles. The monoisotopic (exact) mass is 550 g/mol. The average molecular weight is 551 g/mol. The molecule has 208 valence electrons. The number of nitrogens with one attached hydrogen (secondary N) is 1. The summed E-state index contributed by atoms with van der Waals surface area (Å²) in [6.45, 7) is 0. The van der Waals surface area contributed by atoms with Crippen molar-refractivity contribution in [2.24, 2.45) is 0 Å². The van der Waals surface area contributed by atoms with E-state index in [2.05, 4.69) is 10.5 Å². The molecule has 1 unspecified atom stereocenters. The predicted molar refractivity (Wildman–Crippen MR) is 156 cm³/mol. The number of hydrogen-bond acceptors (Lipinski definition) is 7. The van der Waals surface area contributed by atoms with Crippen LogP contribution in [0.1, 0.15) is 27.5 Å². The largest absolute Gasteiger partial charge is 0.497 e. The highest BCUT2D eigenvalue weighted by Crippen LogP contribution is 2.34. The third-order valence-electron chi connectivity index (χ3n) is 6.78. The standard InChI is InChI=1S/C33H30N2O6/c1-37-25-12-8-21(9-13-25)29-20-30(41-35-29)23-6-5-7-24(18-23)33(36)34-32(22-10-14-26(38-2)15-11-22)28-17-16-27(39-3)19-31(28)40-4/h5-20,32H,1-4H3,(H,34,36). The van der Waals surface area contributed by atoms with Gasteiger partial charge in [-0.05, 0) is 66.2 Å². The second-order valence-corrected chi connectivity index (χ2v) is 9.17. The molecule has 0 aliphatic rings. The maximum atomic E-state index is 13.7. The molecule has 0 aliphatic heterocycles. The van der Waals surface area contributed by atoms with E-state index in [1.165, 1.54) is 0 Å². The van der Waals surface area contributed by atoms with Gasteiger partial charge in [0.25, 0.3) is 5.91 Å². The Morgan fingerprint density at radius 3 is 2.02 bits per heavy atom. The van der Waals surface area contributed by atoms with E-state index >= 15 is 0 Å². The second-order valence-electron chi connectivity index (χ2n) is 9.17. The fourth-order valence-electron chi connectivity index (χ4n) is 4.53. The number of aromatic nitrogens is 1. The van der Waals surface area contributed by atoms with Gasteiger partial charge in [0.1, 0.15) is 28.7 Å². The molecule has 0 bridgehead atoms. The van der Waals surface area contributed by atoms with Gasteiger partial charge in [0.05, 0.1) is 34.5 Å². The third-order valence-corrected chi connectivity index (χ3v) is 6.78. The Kier molecular flexibility index (Phi) is 8.20. The molecule has 0 aliphatic carbocycles. The van der Waals surface area contributed by atoms with Crippen LogP contribution in [0.4, 0.5) is 0 Å². The van der Waals surface area contributed by atoms with Gasteiger partial charge in [-0.3, -0.25) is 4.79 Å². The zero-order chi connectivity index (χ0) is 28.8. The van der Waals surface area contributed by atoms with Crippen molar-refractivity contribution in [3.8, 4) is 45.6 Å². The van der Waals surface area contributed by atoms with Crippen molar-refractivity contribution < 1.29 is 28.3 Å². The molecule has 1 amide bonds. The number of methoxy groups -OCH3 is 4. The summed E-state index contributed by atoms with van der Waals surface area (Å²) in [6.07, 6.45) is 0. The molecule has 4 aromatic carbocycles. The summed E-state index contributed by atoms with van der Waals surface area (Å²) in [5.74, 6) is 3.01. The molecule has 0 spiro atoms. The first-order valence-corrected chi connectivity index (χ1v) is 12.9. The maximum absolute atomic E-state index is 13.7. The summed E-state index contributed by atoms with van der Waals surface area (Å²) < 4.78 is 27.2. The van der Waals surface area contributed by atoms with Crippen LogP contribution in [0, 0.1) is 0 Å². The molecule has 1 atom stereocenters. The van der Waals surface area contributed by atoms with Crippen LogP contribution in [-0.4, -0.2) is 39.5 Å². The van der Waals surface area contributed by atoms with Crippen LogP contribution < -0.4 is 24.3 Å². The minimum Gasteiger partial charge on any atom is -0.497 e. The molecule has 8 nitrogen and oxygen atoms in total. The molecule has 5 rings (SSSR count). The van der Waals surface area contributed by atoms with Crippen LogP contribution in [0.2, 0.25) is 0 Å². The van der Waals surface area contributed by atoms with Crippen molar-refractivity contribution in [3.05, 3.63) is 114 Å². The zero-order valence-electron chi connectivity index (χ0n) is 23.2. The van der Waals surface area contributed by atoms with Crippen molar-refractivity contribution in [1.29, 1.82) is 0 Å². The van der Waals surface area contributed by atoms with Crippen molar-refractivity contribution >= 4 is 5.91 Å². The van der Waals surface area contributed by atoms with Crippen LogP contribution in [0.15, 0.2) is 102 Å². The van der Waals surface area contributed by atoms with Crippen molar-refractivity contribution in [2.75, 3.05) is 28.4 Å². The van der Waals surface area contributed by atoms with E-state index in [1.807, 2.05) is 78.9 Å². The molecular formula is C33H30N2O6. The van der Waals surface area contributed by atoms with Gasteiger partial charge < -0.3 is 28.8 Å². The number of benzene rings is 4. The number of rotatable bonds is 10. The van der Waals surface area contributed by atoms with Gasteiger partial charge in [-0.15, -0.1) is 0 Å². The quantitative estimate of drug-likeness (QED) is 0.210. The maximum Gasteiger partial charge on any atom is 0.252 e. The highest BCUT2D eigenvalue weighted by Gasteiger charge is 2.23. The predicted octanol–water partition coefficient (Wildman–Crippen LogP) is 6.56. The van der Waals surface area contributed by atoms with E-state index in [1.54, 1.807) is 46.6 Å². The summed E-state index contributed by atoms with van der Waals surface area (Å²) in [4.78, 5) is 13.7. The number of ether oxygens (including phenoxy) is 4. The Morgan fingerprint density at radius 1 is 0.707 bits per heavy atom. The summed E-state index contributed by atoms with van der Waals surface area (Å²) in [5.41, 5.74) is 4.42. The lowest BCUT2D eigenvalue weighted by Crippen LogP contribution is -2.29. The first-order chi connectivity index (χ1) is 20.0. The lowest BCUT2D eigenvalue weighted by molar-refractivity contribution is 0.0942. The number of nitrogens with zero attached hydrogens (tertiary/aromatic N) is 1. The number of amides is 1. The molecule has 0 fully saturated rings. The van der Waals surface area contributed by atoms with Crippen LogP contribution in [-0.2, 0) is 0 Å². The molecule has 0 radical (unpaired) electrons. The van der Waals surface area contributed by atoms with Crippen molar-refractivity contribution in [3.63, 3.8) is 0 Å². The molecular weight excluding hydrogens is 520 g/mol. The fourth-order valence-corrected chi connectivity index (χ4v) is 4.53. The first-order valence-electron chi connectivity index (χ1n) is 12.9. The highest BCUT2D eigenvalue weighted by atomic mass is 16.5. The molecule has 0 saturated carbocycles. The summed E-state index contributed by atoms with van der Waals surface area (Å²) in [5, 5.41) is 7.39. The molecule has 1 heterocycles. The van der Waals surface area contributed by atoms with E-state index in [-0.39, 0.29) is 5.91 Å². The van der Waals surface area contributed by atoms with E-state index in [9.17, 15) is 4.79 Å². The van der Waals surface area contributed by atoms with E-state index in [0.29, 0.717) is 34.3 Å². The summed E-state index contributed by atoms with van der Waals surface area (Å²) >= 11 is 0. The molecule has 5 aromatic rings. The average Bonchev–Trinajstić information content (AvgIpc) is 3.54. The van der Waals surface area contributed by atoms with Crippen LogP contribution in [0.5, 0.6) is 23.0 Å². The Hall–Kier alpha value is -5.24. The lowest BCUT2D eigenvalue weighted by atomic mass is 9.96. The lowest BCUT2D eigenvalue weighted by Gasteiger charge is -2.23. The summed E-state index contributed by atoms with van der Waals surface area (Å²) in [7, 11) is 6.42. The number of carbonyl (C=O) groups is 1. The fraction of sp³-hybridized carbons (Fsp3) is 0.152. The van der Waals surface area contributed by atoms with E-state index in [4.69, 9.17) is 23.5 Å². The van der Waals surface area contributed by atoms with Gasteiger partial charge in [0, 0.05) is 34.4 Å². The molecule has 8 heteroatoms. The topological polar surface area (TPSA) is 92.1 Å². The zero-order valence-corrected chi connectivity index (χ0v) is 23.2. The van der Waals surface area contributed by atoms with Crippen LogP contribution in [0.3, 0.4) is 0 Å². The SMILES string of the molecule is COc1ccc(-c2cc(-c3cccc(C(=O)NC(c4ccc(OC)cc4)c4ccc(OC)cc4OC)c3)on2)cc1. The van der Waals surface area contributed by atoms with Gasteiger partial charge in [-0.2, -0.15) is 0 Å². The number of carbonyl (C=O) groups excluding carboxylic acids is 1. The second kappa shape index (κ2) is 12.3. The summed E-state index contributed by atoms with van der Waals surface area (Å²) in [6, 6.07) is 29.2. The minimum atomic E-state index is -0.509. The van der Waals surface area contributed by atoms with E-state index in [0.717, 1.165) is 28.0 Å². The highest BCUT2D eigenvalue weighted by molar-refractivity contribution is 5.96. The minimum absolute atomic E-state index is 0.263. The third kappa shape index (κ3) is 6.01. The smallest absolute Gasteiger partial charge is 0.252 e. The van der Waals surface area contributed by atoms with Crippen LogP contribution >= 0.6 is 0 Å². The van der Waals surface area contributed by atoms with Gasteiger partial charge in [0.15, 0.2) is 5.76 Å². The Bertz CT molecular complexity index is 1630. The first kappa shape index (κ1) is 27.3. The molecule has 1 N–H and O–H groups in total. The normalized spacial score (nSPS) is 11.4. The molecule has 41 heavy (non-hydrogen) atoms. The Labute approximate surface area is 238 Å². The number of hydrogen-bond donors (Lipinski definition) is 1.